The number of aromatic nitrogens is 2. The highest BCUT2D eigenvalue weighted by atomic mass is 16.4. The number of carboxylic acids is 1. The maximum atomic E-state index is 12.0. The van der Waals surface area contributed by atoms with E-state index in [0.717, 1.165) is 5.69 Å². The first-order chi connectivity index (χ1) is 10.6. The molecule has 0 fully saturated rings. The Labute approximate surface area is 126 Å². The van der Waals surface area contributed by atoms with E-state index < -0.39 is 17.9 Å². The largest absolute Gasteiger partial charge is 0.481 e. The van der Waals surface area contributed by atoms with Crippen LogP contribution in [0.15, 0.2) is 42.7 Å². The number of amides is 1. The monoisotopic (exact) mass is 301 g/mol. The molecule has 2 aromatic rings. The molecule has 1 atom stereocenters. The fourth-order valence-electron chi connectivity index (χ4n) is 1.87. The first-order valence-corrected chi connectivity index (χ1v) is 6.68. The molecule has 7 heteroatoms. The van der Waals surface area contributed by atoms with Gasteiger partial charge in [-0.2, -0.15) is 5.10 Å². The van der Waals surface area contributed by atoms with Gasteiger partial charge in [0.25, 0.3) is 5.91 Å². The molecule has 22 heavy (non-hydrogen) atoms. The summed E-state index contributed by atoms with van der Waals surface area (Å²) in [6.45, 7) is 0. The van der Waals surface area contributed by atoms with Gasteiger partial charge in [0.05, 0.1) is 23.5 Å². The second kappa shape index (κ2) is 7.16. The average Bonchev–Trinajstić information content (AvgIpc) is 3.02. The van der Waals surface area contributed by atoms with Crippen molar-refractivity contribution in [2.75, 3.05) is 0 Å². The molecule has 0 saturated carbocycles. The maximum absolute atomic E-state index is 12.0. The summed E-state index contributed by atoms with van der Waals surface area (Å²) >= 11 is 0. The normalized spacial score (nSPS) is 11.6. The minimum absolute atomic E-state index is 0.0530. The van der Waals surface area contributed by atoms with Crippen LogP contribution in [0.4, 0.5) is 0 Å². The van der Waals surface area contributed by atoms with Gasteiger partial charge in [-0.15, -0.1) is 0 Å². The van der Waals surface area contributed by atoms with E-state index >= 15 is 0 Å². The van der Waals surface area contributed by atoms with Gasteiger partial charge in [-0.05, 0) is 18.6 Å². The van der Waals surface area contributed by atoms with E-state index in [2.05, 4.69) is 10.4 Å². The molecule has 1 unspecified atom stereocenters. The van der Waals surface area contributed by atoms with Gasteiger partial charge in [0.1, 0.15) is 6.29 Å². The third-order valence-corrected chi connectivity index (χ3v) is 3.02. The zero-order valence-electron chi connectivity index (χ0n) is 11.7. The van der Waals surface area contributed by atoms with Crippen LogP contribution in [0.1, 0.15) is 23.2 Å². The highest BCUT2D eigenvalue weighted by Gasteiger charge is 2.16. The molecular formula is C15H15N3O4. The number of nitrogens with zero attached hydrogens (tertiary/aromatic N) is 2. The van der Waals surface area contributed by atoms with Crippen molar-refractivity contribution in [1.29, 1.82) is 0 Å². The van der Waals surface area contributed by atoms with Crippen LogP contribution < -0.4 is 5.32 Å². The molecule has 0 aliphatic carbocycles. The van der Waals surface area contributed by atoms with Crippen molar-refractivity contribution in [3.63, 3.8) is 0 Å². The van der Waals surface area contributed by atoms with Gasteiger partial charge in [0, 0.05) is 12.6 Å². The number of rotatable bonds is 7. The van der Waals surface area contributed by atoms with Gasteiger partial charge in [-0.3, -0.25) is 9.59 Å². The zero-order valence-corrected chi connectivity index (χ0v) is 11.7. The molecule has 1 heterocycles. The lowest BCUT2D eigenvalue weighted by atomic mass is 10.1. The van der Waals surface area contributed by atoms with E-state index in [1.807, 2.05) is 30.3 Å². The Morgan fingerprint density at radius 2 is 2.05 bits per heavy atom. The average molecular weight is 301 g/mol. The van der Waals surface area contributed by atoms with Crippen molar-refractivity contribution in [3.8, 4) is 5.69 Å². The van der Waals surface area contributed by atoms with Crippen LogP contribution in [0.3, 0.4) is 0 Å². The number of aldehydes is 1. The number of nitrogens with one attached hydrogen (secondary N) is 1. The molecule has 2 N–H and O–H groups in total. The SMILES string of the molecule is O=CC(CCC(=O)O)NC(=O)c1cnn(-c2ccccc2)c1. The van der Waals surface area contributed by atoms with Crippen molar-refractivity contribution < 1.29 is 19.5 Å². The zero-order chi connectivity index (χ0) is 15.9. The lowest BCUT2D eigenvalue weighted by molar-refractivity contribution is -0.137. The minimum Gasteiger partial charge on any atom is -0.481 e. The lowest BCUT2D eigenvalue weighted by Crippen LogP contribution is -2.36. The van der Waals surface area contributed by atoms with E-state index in [4.69, 9.17) is 5.11 Å². The number of hydrogen-bond donors (Lipinski definition) is 2. The summed E-state index contributed by atoms with van der Waals surface area (Å²) in [7, 11) is 0. The first kappa shape index (κ1) is 15.4. The topological polar surface area (TPSA) is 101 Å². The van der Waals surface area contributed by atoms with E-state index in [1.54, 1.807) is 10.9 Å². The van der Waals surface area contributed by atoms with E-state index in [9.17, 15) is 14.4 Å². The van der Waals surface area contributed by atoms with Gasteiger partial charge < -0.3 is 15.2 Å². The molecule has 0 bridgehead atoms. The Morgan fingerprint density at radius 3 is 2.68 bits per heavy atom. The highest BCUT2D eigenvalue weighted by molar-refractivity contribution is 5.95. The highest BCUT2D eigenvalue weighted by Crippen LogP contribution is 2.08. The van der Waals surface area contributed by atoms with Crippen molar-refractivity contribution in [2.45, 2.75) is 18.9 Å². The number of para-hydroxylation sites is 1. The van der Waals surface area contributed by atoms with Crippen LogP contribution in [-0.2, 0) is 9.59 Å². The predicted octanol–water partition coefficient (Wildman–Crippen LogP) is 1.03. The van der Waals surface area contributed by atoms with E-state index in [-0.39, 0.29) is 12.8 Å². The molecule has 0 spiro atoms. The summed E-state index contributed by atoms with van der Waals surface area (Å²) in [6, 6.07) is 8.43. The smallest absolute Gasteiger partial charge is 0.303 e. The first-order valence-electron chi connectivity index (χ1n) is 6.68. The summed E-state index contributed by atoms with van der Waals surface area (Å²) in [5.74, 6) is -1.48. The predicted molar refractivity (Wildman–Crippen MR) is 77.8 cm³/mol. The third-order valence-electron chi connectivity index (χ3n) is 3.02. The van der Waals surface area contributed by atoms with Crippen molar-refractivity contribution in [2.24, 2.45) is 0 Å². The van der Waals surface area contributed by atoms with Crippen molar-refractivity contribution in [3.05, 3.63) is 48.3 Å². The maximum Gasteiger partial charge on any atom is 0.303 e. The molecule has 2 rings (SSSR count). The summed E-state index contributed by atoms with van der Waals surface area (Å²) in [5, 5.41) is 15.2. The van der Waals surface area contributed by atoms with Crippen LogP contribution in [-0.4, -0.2) is 39.1 Å². The Bertz CT molecular complexity index is 666. The Kier molecular flexibility index (Phi) is 5.02. The lowest BCUT2D eigenvalue weighted by Gasteiger charge is -2.10. The molecule has 7 nitrogen and oxygen atoms in total. The van der Waals surface area contributed by atoms with Crippen LogP contribution >= 0.6 is 0 Å². The van der Waals surface area contributed by atoms with E-state index in [0.29, 0.717) is 11.8 Å². The van der Waals surface area contributed by atoms with Crippen molar-refractivity contribution in [1.82, 2.24) is 15.1 Å². The number of benzene rings is 1. The summed E-state index contributed by atoms with van der Waals surface area (Å²) < 4.78 is 1.54. The summed E-state index contributed by atoms with van der Waals surface area (Å²) in [5.41, 5.74) is 1.10. The number of carboxylic acid groups (broad SMARTS) is 1. The number of carbonyl (C=O) groups is 3. The van der Waals surface area contributed by atoms with Crippen LogP contribution in [0.2, 0.25) is 0 Å². The number of hydrogen-bond acceptors (Lipinski definition) is 4. The molecule has 1 aromatic carbocycles. The molecule has 0 radical (unpaired) electrons. The standard InChI is InChI=1S/C15H15N3O4/c19-10-12(6-7-14(20)21)17-15(22)11-8-16-18(9-11)13-4-2-1-3-5-13/h1-5,8-10,12H,6-7H2,(H,17,22)(H,20,21). The molecule has 0 aliphatic rings. The molecule has 0 aliphatic heterocycles. The molecule has 1 aromatic heterocycles. The fraction of sp³-hybridized carbons (Fsp3) is 0.200. The number of aliphatic carboxylic acids is 1. The van der Waals surface area contributed by atoms with Gasteiger partial charge in [-0.1, -0.05) is 18.2 Å². The van der Waals surface area contributed by atoms with Gasteiger partial charge in [0.2, 0.25) is 0 Å². The van der Waals surface area contributed by atoms with Crippen molar-refractivity contribution >= 4 is 18.2 Å². The fourth-order valence-corrected chi connectivity index (χ4v) is 1.87. The van der Waals surface area contributed by atoms with Gasteiger partial charge in [0.15, 0.2) is 0 Å². The Hall–Kier alpha value is -2.96. The molecule has 0 saturated heterocycles. The number of carbonyl (C=O) groups excluding carboxylic acids is 2. The molecule has 114 valence electrons. The summed E-state index contributed by atoms with van der Waals surface area (Å²) in [4.78, 5) is 33.4. The quantitative estimate of drug-likeness (QED) is 0.744. The van der Waals surface area contributed by atoms with E-state index in [1.165, 1.54) is 6.20 Å². The second-order valence-corrected chi connectivity index (χ2v) is 4.66. The minimum atomic E-state index is -1.02. The Balaban J connectivity index is 2.02. The van der Waals surface area contributed by atoms with Gasteiger partial charge >= 0.3 is 5.97 Å². The van der Waals surface area contributed by atoms with Gasteiger partial charge in [-0.25, -0.2) is 4.68 Å². The Morgan fingerprint density at radius 1 is 1.32 bits per heavy atom. The van der Waals surface area contributed by atoms with Crippen LogP contribution in [0, 0.1) is 0 Å². The van der Waals surface area contributed by atoms with Crippen LogP contribution in [0.25, 0.3) is 5.69 Å². The summed E-state index contributed by atoms with van der Waals surface area (Å²) in [6.07, 6.45) is 3.33. The van der Waals surface area contributed by atoms with Crippen LogP contribution in [0.5, 0.6) is 0 Å². The third kappa shape index (κ3) is 4.02. The second-order valence-electron chi connectivity index (χ2n) is 4.66. The molecular weight excluding hydrogens is 286 g/mol. The molecule has 1 amide bonds.